The molecule has 114 valence electrons. The SMILES string of the molecule is FC(F)(F)c1cc(Br)c(Nc2ncnc3nc[nH]c23)c(Br)c1. The van der Waals surface area contributed by atoms with E-state index in [0.29, 0.717) is 22.7 Å². The minimum Gasteiger partial charge on any atom is -0.340 e. The second-order valence-corrected chi connectivity index (χ2v) is 5.97. The average Bonchev–Trinajstić information content (AvgIpc) is 2.90. The fraction of sp³-hybridized carbons (Fsp3) is 0.0833. The lowest BCUT2D eigenvalue weighted by molar-refractivity contribution is -0.137. The Morgan fingerprint density at radius 3 is 2.36 bits per heavy atom. The van der Waals surface area contributed by atoms with Crippen LogP contribution in [0.15, 0.2) is 33.7 Å². The molecule has 0 atom stereocenters. The Morgan fingerprint density at radius 1 is 1.05 bits per heavy atom. The van der Waals surface area contributed by atoms with Gasteiger partial charge in [0.15, 0.2) is 11.5 Å². The third kappa shape index (κ3) is 2.80. The molecule has 0 fully saturated rings. The molecule has 0 saturated heterocycles. The number of nitrogens with one attached hydrogen (secondary N) is 2. The van der Waals surface area contributed by atoms with Crippen molar-refractivity contribution < 1.29 is 13.2 Å². The summed E-state index contributed by atoms with van der Waals surface area (Å²) in [6, 6.07) is 2.00. The number of anilines is 2. The van der Waals surface area contributed by atoms with Crippen LogP contribution in [-0.2, 0) is 6.18 Å². The molecule has 0 unspecified atom stereocenters. The number of hydrogen-bond acceptors (Lipinski definition) is 4. The summed E-state index contributed by atoms with van der Waals surface area (Å²) in [7, 11) is 0. The summed E-state index contributed by atoms with van der Waals surface area (Å²) in [6.07, 6.45) is -1.64. The van der Waals surface area contributed by atoms with Gasteiger partial charge in [0, 0.05) is 8.95 Å². The van der Waals surface area contributed by atoms with Gasteiger partial charge in [0.05, 0.1) is 17.6 Å². The Morgan fingerprint density at radius 2 is 1.73 bits per heavy atom. The van der Waals surface area contributed by atoms with Gasteiger partial charge in [0.2, 0.25) is 0 Å². The maximum atomic E-state index is 12.8. The van der Waals surface area contributed by atoms with Crippen molar-refractivity contribution in [3.63, 3.8) is 0 Å². The molecule has 0 aliphatic carbocycles. The number of fused-ring (bicyclic) bond motifs is 1. The largest absolute Gasteiger partial charge is 0.416 e. The van der Waals surface area contributed by atoms with Crippen LogP contribution in [0.3, 0.4) is 0 Å². The Kier molecular flexibility index (Phi) is 3.81. The molecular weight excluding hydrogens is 431 g/mol. The summed E-state index contributed by atoms with van der Waals surface area (Å²) in [5.74, 6) is 0.406. The van der Waals surface area contributed by atoms with Crippen LogP contribution in [0, 0.1) is 0 Å². The Balaban J connectivity index is 2.04. The maximum Gasteiger partial charge on any atom is 0.416 e. The highest BCUT2D eigenvalue weighted by Gasteiger charge is 2.32. The van der Waals surface area contributed by atoms with Gasteiger partial charge in [-0.15, -0.1) is 0 Å². The van der Waals surface area contributed by atoms with E-state index in [1.807, 2.05) is 0 Å². The van der Waals surface area contributed by atoms with Crippen LogP contribution < -0.4 is 5.32 Å². The van der Waals surface area contributed by atoms with Gasteiger partial charge in [0.1, 0.15) is 11.8 Å². The van der Waals surface area contributed by atoms with E-state index in [1.165, 1.54) is 12.7 Å². The average molecular weight is 437 g/mol. The third-order valence-electron chi connectivity index (χ3n) is 2.84. The summed E-state index contributed by atoms with van der Waals surface area (Å²) < 4.78 is 38.8. The maximum absolute atomic E-state index is 12.8. The Bertz CT molecular complexity index is 823. The zero-order chi connectivity index (χ0) is 15.9. The number of imidazole rings is 1. The van der Waals surface area contributed by atoms with Gasteiger partial charge in [-0.1, -0.05) is 0 Å². The smallest absolute Gasteiger partial charge is 0.340 e. The van der Waals surface area contributed by atoms with Crippen molar-refractivity contribution in [1.29, 1.82) is 0 Å². The van der Waals surface area contributed by atoms with Crippen LogP contribution in [0.2, 0.25) is 0 Å². The molecule has 2 heterocycles. The van der Waals surface area contributed by atoms with Crippen molar-refractivity contribution in [2.45, 2.75) is 6.18 Å². The zero-order valence-corrected chi connectivity index (χ0v) is 13.7. The van der Waals surface area contributed by atoms with Crippen molar-refractivity contribution in [2.24, 2.45) is 0 Å². The predicted molar refractivity (Wildman–Crippen MR) is 81.8 cm³/mol. The second-order valence-electron chi connectivity index (χ2n) is 4.26. The number of alkyl halides is 3. The summed E-state index contributed by atoms with van der Waals surface area (Å²) >= 11 is 6.28. The number of aromatic amines is 1. The normalized spacial score (nSPS) is 11.9. The number of rotatable bonds is 2. The summed E-state index contributed by atoms with van der Waals surface area (Å²) in [4.78, 5) is 14.9. The number of aromatic nitrogens is 4. The fourth-order valence-corrected chi connectivity index (χ4v) is 3.22. The first kappa shape index (κ1) is 15.2. The van der Waals surface area contributed by atoms with Gasteiger partial charge in [-0.3, -0.25) is 0 Å². The summed E-state index contributed by atoms with van der Waals surface area (Å²) in [5.41, 5.74) is 0.673. The second kappa shape index (κ2) is 5.51. The van der Waals surface area contributed by atoms with Crippen molar-refractivity contribution in [3.8, 4) is 0 Å². The van der Waals surface area contributed by atoms with E-state index in [1.54, 1.807) is 0 Å². The van der Waals surface area contributed by atoms with E-state index >= 15 is 0 Å². The molecule has 0 spiro atoms. The van der Waals surface area contributed by atoms with Gasteiger partial charge in [-0.05, 0) is 44.0 Å². The van der Waals surface area contributed by atoms with Crippen LogP contribution in [0.4, 0.5) is 24.7 Å². The van der Waals surface area contributed by atoms with Gasteiger partial charge in [-0.25, -0.2) is 15.0 Å². The molecule has 0 radical (unpaired) electrons. The molecule has 5 nitrogen and oxygen atoms in total. The first-order valence-corrected chi connectivity index (χ1v) is 7.42. The molecule has 2 N–H and O–H groups in total. The topological polar surface area (TPSA) is 66.5 Å². The standard InChI is InChI=1S/C12H6Br2F3N5/c13-6-1-5(12(15,16)17)2-7(14)8(6)22-11-9-10(19-3-18-9)20-4-21-11/h1-4H,(H2,18,19,20,21,22). The molecule has 0 bridgehead atoms. The summed E-state index contributed by atoms with van der Waals surface area (Å²) in [5, 5.41) is 2.96. The minimum atomic E-state index is -4.42. The number of hydrogen-bond donors (Lipinski definition) is 2. The zero-order valence-electron chi connectivity index (χ0n) is 10.5. The molecule has 22 heavy (non-hydrogen) atoms. The molecule has 10 heteroatoms. The number of benzene rings is 1. The molecule has 0 aliphatic rings. The van der Waals surface area contributed by atoms with E-state index in [4.69, 9.17) is 0 Å². The van der Waals surface area contributed by atoms with Gasteiger partial charge in [0.25, 0.3) is 0 Å². The van der Waals surface area contributed by atoms with Crippen LogP contribution in [-0.4, -0.2) is 19.9 Å². The monoisotopic (exact) mass is 435 g/mol. The molecule has 3 rings (SSSR count). The van der Waals surface area contributed by atoms with E-state index in [9.17, 15) is 13.2 Å². The lowest BCUT2D eigenvalue weighted by Crippen LogP contribution is -2.06. The van der Waals surface area contributed by atoms with E-state index in [0.717, 1.165) is 12.1 Å². The van der Waals surface area contributed by atoms with E-state index in [2.05, 4.69) is 57.1 Å². The highest BCUT2D eigenvalue weighted by atomic mass is 79.9. The quantitative estimate of drug-likeness (QED) is 0.614. The molecular formula is C12H6Br2F3N5. The fourth-order valence-electron chi connectivity index (χ4n) is 1.83. The number of halogens is 5. The van der Waals surface area contributed by atoms with Crippen LogP contribution in [0.25, 0.3) is 11.2 Å². The first-order valence-electron chi connectivity index (χ1n) is 5.83. The van der Waals surface area contributed by atoms with Crippen LogP contribution in [0.1, 0.15) is 5.56 Å². The van der Waals surface area contributed by atoms with Crippen molar-refractivity contribution >= 4 is 54.5 Å². The van der Waals surface area contributed by atoms with Gasteiger partial charge >= 0.3 is 6.18 Å². The van der Waals surface area contributed by atoms with Gasteiger partial charge < -0.3 is 10.3 Å². The highest BCUT2D eigenvalue weighted by molar-refractivity contribution is 9.11. The lowest BCUT2D eigenvalue weighted by atomic mass is 10.2. The molecule has 2 aromatic heterocycles. The van der Waals surface area contributed by atoms with Crippen molar-refractivity contribution in [2.75, 3.05) is 5.32 Å². The molecule has 0 saturated carbocycles. The van der Waals surface area contributed by atoms with Crippen LogP contribution in [0.5, 0.6) is 0 Å². The first-order chi connectivity index (χ1) is 10.4. The molecule has 3 aromatic rings. The number of nitrogens with zero attached hydrogens (tertiary/aromatic N) is 3. The minimum absolute atomic E-state index is 0.250. The van der Waals surface area contributed by atoms with E-state index in [-0.39, 0.29) is 8.95 Å². The summed E-state index contributed by atoms with van der Waals surface area (Å²) in [6.45, 7) is 0. The number of H-pyrrole nitrogens is 1. The van der Waals surface area contributed by atoms with Crippen LogP contribution >= 0.6 is 31.9 Å². The highest BCUT2D eigenvalue weighted by Crippen LogP contribution is 2.40. The molecule has 0 amide bonds. The Hall–Kier alpha value is -1.68. The van der Waals surface area contributed by atoms with Gasteiger partial charge in [-0.2, -0.15) is 13.2 Å². The molecule has 0 aliphatic heterocycles. The predicted octanol–water partition coefficient (Wildman–Crippen LogP) is 4.64. The third-order valence-corrected chi connectivity index (χ3v) is 4.09. The van der Waals surface area contributed by atoms with Crippen molar-refractivity contribution in [1.82, 2.24) is 19.9 Å². The van der Waals surface area contributed by atoms with Crippen molar-refractivity contribution in [3.05, 3.63) is 39.3 Å². The lowest BCUT2D eigenvalue weighted by Gasteiger charge is -2.14. The Labute approximate surface area is 138 Å². The van der Waals surface area contributed by atoms with E-state index < -0.39 is 11.7 Å². The molecule has 1 aromatic carbocycles.